The summed E-state index contributed by atoms with van der Waals surface area (Å²) >= 11 is 0. The molecular formula is C20H14N2O. The van der Waals surface area contributed by atoms with E-state index in [9.17, 15) is 5.11 Å². The molecule has 4 rings (SSSR count). The SMILES string of the molecule is Oc1c(N=Cc2cccc3cccnc23)ccc2ccccc12. The third kappa shape index (κ3) is 2.42. The molecule has 0 atom stereocenters. The number of pyridine rings is 1. The highest BCUT2D eigenvalue weighted by Gasteiger charge is 2.05. The zero-order chi connectivity index (χ0) is 15.6. The molecule has 3 nitrogen and oxygen atoms in total. The monoisotopic (exact) mass is 298 g/mol. The Morgan fingerprint density at radius 1 is 0.826 bits per heavy atom. The van der Waals surface area contributed by atoms with Gasteiger partial charge in [0.25, 0.3) is 0 Å². The third-order valence-electron chi connectivity index (χ3n) is 3.89. The lowest BCUT2D eigenvalue weighted by Crippen LogP contribution is -1.87. The van der Waals surface area contributed by atoms with E-state index in [1.807, 2.05) is 66.7 Å². The Morgan fingerprint density at radius 3 is 2.61 bits per heavy atom. The Morgan fingerprint density at radius 2 is 1.65 bits per heavy atom. The number of hydrogen-bond donors (Lipinski definition) is 1. The number of hydrogen-bond acceptors (Lipinski definition) is 3. The summed E-state index contributed by atoms with van der Waals surface area (Å²) in [5.74, 6) is 0.201. The molecule has 0 unspecified atom stereocenters. The normalized spacial score (nSPS) is 11.5. The summed E-state index contributed by atoms with van der Waals surface area (Å²) in [6, 6.07) is 21.4. The molecule has 1 N–H and O–H groups in total. The Bertz CT molecular complexity index is 1030. The minimum absolute atomic E-state index is 0.201. The number of aromatic nitrogens is 1. The van der Waals surface area contributed by atoms with Crippen LogP contribution in [-0.2, 0) is 0 Å². The maximum Gasteiger partial charge on any atom is 0.148 e. The molecular weight excluding hydrogens is 284 g/mol. The van der Waals surface area contributed by atoms with E-state index >= 15 is 0 Å². The molecule has 0 spiro atoms. The third-order valence-corrected chi connectivity index (χ3v) is 3.89. The highest BCUT2D eigenvalue weighted by molar-refractivity contribution is 5.99. The van der Waals surface area contributed by atoms with Gasteiger partial charge in [-0.05, 0) is 17.5 Å². The lowest BCUT2D eigenvalue weighted by Gasteiger charge is -2.04. The van der Waals surface area contributed by atoms with E-state index in [1.165, 1.54) is 0 Å². The summed E-state index contributed by atoms with van der Waals surface area (Å²) in [4.78, 5) is 8.87. The molecule has 0 amide bonds. The maximum absolute atomic E-state index is 10.4. The molecule has 1 aromatic heterocycles. The predicted molar refractivity (Wildman–Crippen MR) is 94.6 cm³/mol. The van der Waals surface area contributed by atoms with Crippen LogP contribution >= 0.6 is 0 Å². The number of aromatic hydroxyl groups is 1. The summed E-state index contributed by atoms with van der Waals surface area (Å²) < 4.78 is 0. The van der Waals surface area contributed by atoms with Gasteiger partial charge in [-0.1, -0.05) is 54.6 Å². The lowest BCUT2D eigenvalue weighted by molar-refractivity contribution is 0.483. The number of phenolic OH excluding ortho intramolecular Hbond substituents is 1. The van der Waals surface area contributed by atoms with Gasteiger partial charge in [0.05, 0.1) is 5.52 Å². The molecule has 110 valence electrons. The van der Waals surface area contributed by atoms with Crippen LogP contribution in [0.1, 0.15) is 5.56 Å². The number of para-hydroxylation sites is 1. The van der Waals surface area contributed by atoms with Crippen molar-refractivity contribution in [2.45, 2.75) is 0 Å². The van der Waals surface area contributed by atoms with E-state index in [2.05, 4.69) is 9.98 Å². The molecule has 1 heterocycles. The fourth-order valence-corrected chi connectivity index (χ4v) is 2.72. The van der Waals surface area contributed by atoms with Crippen LogP contribution in [-0.4, -0.2) is 16.3 Å². The Labute approximate surface area is 133 Å². The molecule has 0 aliphatic heterocycles. The minimum Gasteiger partial charge on any atom is -0.505 e. The Kier molecular flexibility index (Phi) is 3.24. The van der Waals surface area contributed by atoms with E-state index in [-0.39, 0.29) is 5.75 Å². The molecule has 3 aromatic carbocycles. The van der Waals surface area contributed by atoms with Crippen LogP contribution < -0.4 is 0 Å². The molecule has 0 aliphatic carbocycles. The first-order valence-electron chi connectivity index (χ1n) is 7.41. The smallest absolute Gasteiger partial charge is 0.148 e. The number of fused-ring (bicyclic) bond motifs is 2. The number of phenols is 1. The van der Waals surface area contributed by atoms with Gasteiger partial charge in [0.2, 0.25) is 0 Å². The van der Waals surface area contributed by atoms with Crippen LogP contribution in [0.3, 0.4) is 0 Å². The van der Waals surface area contributed by atoms with E-state index in [0.717, 1.165) is 27.2 Å². The van der Waals surface area contributed by atoms with Crippen molar-refractivity contribution >= 4 is 33.6 Å². The molecule has 0 saturated carbocycles. The van der Waals surface area contributed by atoms with Crippen molar-refractivity contribution < 1.29 is 5.11 Å². The molecule has 0 radical (unpaired) electrons. The second-order valence-electron chi connectivity index (χ2n) is 5.33. The summed E-state index contributed by atoms with van der Waals surface area (Å²) in [6.45, 7) is 0. The molecule has 0 fully saturated rings. The van der Waals surface area contributed by atoms with Crippen molar-refractivity contribution in [1.29, 1.82) is 0 Å². The van der Waals surface area contributed by atoms with Crippen molar-refractivity contribution in [3.05, 3.63) is 78.5 Å². The average molecular weight is 298 g/mol. The zero-order valence-corrected chi connectivity index (χ0v) is 12.3. The Hall–Kier alpha value is -3.20. The first kappa shape index (κ1) is 13.5. The molecule has 3 heteroatoms. The van der Waals surface area contributed by atoms with Crippen LogP contribution in [0.4, 0.5) is 5.69 Å². The molecule has 23 heavy (non-hydrogen) atoms. The van der Waals surface area contributed by atoms with Crippen LogP contribution in [0.5, 0.6) is 5.75 Å². The van der Waals surface area contributed by atoms with E-state index in [1.54, 1.807) is 12.4 Å². The fourth-order valence-electron chi connectivity index (χ4n) is 2.72. The Balaban J connectivity index is 1.80. The number of nitrogens with zero attached hydrogens (tertiary/aromatic N) is 2. The van der Waals surface area contributed by atoms with Gasteiger partial charge >= 0.3 is 0 Å². The quantitative estimate of drug-likeness (QED) is 0.538. The molecule has 4 aromatic rings. The summed E-state index contributed by atoms with van der Waals surface area (Å²) in [6.07, 6.45) is 3.52. The zero-order valence-electron chi connectivity index (χ0n) is 12.3. The molecule has 0 saturated heterocycles. The van der Waals surface area contributed by atoms with Crippen molar-refractivity contribution in [3.63, 3.8) is 0 Å². The largest absolute Gasteiger partial charge is 0.505 e. The average Bonchev–Trinajstić information content (AvgIpc) is 2.61. The van der Waals surface area contributed by atoms with Crippen LogP contribution in [0, 0.1) is 0 Å². The highest BCUT2D eigenvalue weighted by atomic mass is 16.3. The summed E-state index contributed by atoms with van der Waals surface area (Å²) in [5, 5.41) is 13.3. The first-order valence-corrected chi connectivity index (χ1v) is 7.41. The molecule has 0 aliphatic rings. The van der Waals surface area contributed by atoms with Crippen LogP contribution in [0.15, 0.2) is 77.9 Å². The van der Waals surface area contributed by atoms with Crippen molar-refractivity contribution in [2.24, 2.45) is 4.99 Å². The van der Waals surface area contributed by atoms with Crippen LogP contribution in [0.25, 0.3) is 21.7 Å². The van der Waals surface area contributed by atoms with E-state index in [0.29, 0.717) is 5.69 Å². The van der Waals surface area contributed by atoms with Gasteiger partial charge < -0.3 is 5.11 Å². The second kappa shape index (κ2) is 5.54. The maximum atomic E-state index is 10.4. The second-order valence-corrected chi connectivity index (χ2v) is 5.33. The molecule has 0 bridgehead atoms. The minimum atomic E-state index is 0.201. The lowest BCUT2D eigenvalue weighted by atomic mass is 10.1. The highest BCUT2D eigenvalue weighted by Crippen LogP contribution is 2.34. The van der Waals surface area contributed by atoms with Gasteiger partial charge in [0.1, 0.15) is 11.4 Å². The number of rotatable bonds is 2. The topological polar surface area (TPSA) is 45.5 Å². The van der Waals surface area contributed by atoms with E-state index in [4.69, 9.17) is 0 Å². The van der Waals surface area contributed by atoms with Gasteiger partial charge in [0.15, 0.2) is 0 Å². The van der Waals surface area contributed by atoms with Gasteiger partial charge in [-0.25, -0.2) is 0 Å². The first-order chi connectivity index (χ1) is 11.3. The number of aliphatic imine (C=N–C) groups is 1. The predicted octanol–water partition coefficient (Wildman–Crippen LogP) is 4.84. The van der Waals surface area contributed by atoms with Crippen LogP contribution in [0.2, 0.25) is 0 Å². The van der Waals surface area contributed by atoms with Gasteiger partial charge in [-0.2, -0.15) is 0 Å². The summed E-state index contributed by atoms with van der Waals surface area (Å²) in [7, 11) is 0. The van der Waals surface area contributed by atoms with Crippen molar-refractivity contribution in [3.8, 4) is 5.75 Å². The van der Waals surface area contributed by atoms with Gasteiger partial charge in [0, 0.05) is 28.7 Å². The fraction of sp³-hybridized carbons (Fsp3) is 0. The number of benzene rings is 3. The van der Waals surface area contributed by atoms with Crippen molar-refractivity contribution in [2.75, 3.05) is 0 Å². The van der Waals surface area contributed by atoms with Gasteiger partial charge in [-0.3, -0.25) is 9.98 Å². The van der Waals surface area contributed by atoms with E-state index < -0.39 is 0 Å². The van der Waals surface area contributed by atoms with Gasteiger partial charge in [-0.15, -0.1) is 0 Å². The van der Waals surface area contributed by atoms with Crippen molar-refractivity contribution in [1.82, 2.24) is 4.98 Å². The standard InChI is InChI=1S/C20H14N2O/c23-20-17-9-2-1-5-14(17)10-11-18(20)22-13-16-7-3-6-15-8-4-12-21-19(15)16/h1-13,23H. The summed E-state index contributed by atoms with van der Waals surface area (Å²) in [5.41, 5.74) is 2.38.